The van der Waals surface area contributed by atoms with E-state index in [2.05, 4.69) is 23.2 Å². The molecule has 7 aromatic rings. The second-order valence-corrected chi connectivity index (χ2v) is 11.3. The summed E-state index contributed by atoms with van der Waals surface area (Å²) < 4.78 is 87.1. The Morgan fingerprint density at radius 2 is 0.833 bits per heavy atom. The summed E-state index contributed by atoms with van der Waals surface area (Å²) in [4.78, 5) is 31.0. The number of pyridine rings is 4. The molecule has 0 bridgehead atoms. The molecular weight excluding hydrogens is 1070 g/mol. The molecule has 274 valence electrons. The fourth-order valence-electron chi connectivity index (χ4n) is 5.82. The number of halogens is 6. The third-order valence-corrected chi connectivity index (χ3v) is 8.09. The predicted molar refractivity (Wildman–Crippen MR) is 175 cm³/mol. The molecule has 0 spiro atoms. The first-order valence-corrected chi connectivity index (χ1v) is 15.3. The Kier molecular flexibility index (Phi) is 12.1. The zero-order chi connectivity index (χ0) is 36.6. The predicted octanol–water partition coefficient (Wildman–Crippen LogP) is 8.58. The molecule has 0 saturated heterocycles. The minimum atomic E-state index is -1.96. The van der Waals surface area contributed by atoms with E-state index in [-0.39, 0.29) is 98.7 Å². The van der Waals surface area contributed by atoms with Gasteiger partial charge in [-0.15, -0.1) is 36.4 Å². The standard InChI is InChI=1S/C40H19F6N4O2.2Pt/c41-22-13-16-25(28(44)19-22)31-5-1-9-35(47-31)40(38-12-4-8-34(50-38)39(51)52,36-10-2-6-32(48-36)26-17-14-23(42)20-29(26)45)37-11-3-7-33(49-37)27-18-15-24(43)21-30(27)46;;/h1-15,19-21H,(H,51,52);;/q-3;;+2. The monoisotopic (exact) mass is 1090 g/mol. The Balaban J connectivity index is 0.00000280. The van der Waals surface area contributed by atoms with Gasteiger partial charge in [0.2, 0.25) is 0 Å². The Hall–Kier alpha value is -5.31. The van der Waals surface area contributed by atoms with Gasteiger partial charge in [0.05, 0.1) is 22.8 Å². The first kappa shape index (κ1) is 39.9. The molecule has 54 heavy (non-hydrogen) atoms. The number of carboxylic acids is 1. The molecule has 1 N–H and O–H groups in total. The van der Waals surface area contributed by atoms with E-state index in [4.69, 9.17) is 15.0 Å². The molecule has 7 rings (SSSR count). The number of aromatic nitrogens is 4. The van der Waals surface area contributed by atoms with Gasteiger partial charge in [-0.2, -0.15) is 0 Å². The zero-order valence-corrected chi connectivity index (χ0v) is 31.5. The van der Waals surface area contributed by atoms with Crippen molar-refractivity contribution in [3.05, 3.63) is 191 Å². The normalized spacial score (nSPS) is 11.0. The van der Waals surface area contributed by atoms with Gasteiger partial charge >= 0.3 is 27.0 Å². The molecule has 0 aliphatic rings. The molecule has 6 nitrogen and oxygen atoms in total. The molecule has 0 aliphatic heterocycles. The first-order chi connectivity index (χ1) is 25.0. The van der Waals surface area contributed by atoms with Gasteiger partial charge in [0.1, 0.15) is 11.1 Å². The van der Waals surface area contributed by atoms with Gasteiger partial charge in [0.15, 0.2) is 0 Å². The Labute approximate surface area is 332 Å². The van der Waals surface area contributed by atoms with Crippen LogP contribution in [-0.4, -0.2) is 31.0 Å². The molecule has 0 aliphatic carbocycles. The number of hydrogen-bond donors (Lipinski definition) is 1. The van der Waals surface area contributed by atoms with Crippen LogP contribution in [-0.2, 0) is 47.5 Å². The van der Waals surface area contributed by atoms with E-state index < -0.39 is 52.0 Å². The quantitative estimate of drug-likeness (QED) is 0.121. The Bertz CT molecular complexity index is 2290. The summed E-state index contributed by atoms with van der Waals surface area (Å²) in [5.41, 5.74) is -3.09. The molecule has 4 aromatic heterocycles. The van der Waals surface area contributed by atoms with Crippen LogP contribution in [0.3, 0.4) is 0 Å². The SMILES string of the molecule is O=C(O)c1cccc(C(c2cccc(-c3[c-]cc(F)cc3F)n2)(c2cccc(-c3[c-]cc(F)cc3F)n2)c2cccc(-c3[c-]cc(F)cc3F)n2)n1.[Pt+2].[Pt]. The molecule has 3 aromatic carbocycles. The van der Waals surface area contributed by atoms with Crippen molar-refractivity contribution in [2.45, 2.75) is 5.41 Å². The average molecular weight is 1090 g/mol. The Morgan fingerprint density at radius 3 is 1.15 bits per heavy atom. The molecule has 0 fully saturated rings. The van der Waals surface area contributed by atoms with E-state index in [0.717, 1.165) is 18.2 Å². The summed E-state index contributed by atoms with van der Waals surface area (Å²) in [6.45, 7) is 0. The van der Waals surface area contributed by atoms with Crippen LogP contribution in [0.25, 0.3) is 33.8 Å². The molecule has 0 unspecified atom stereocenters. The summed E-state index contributed by atoms with van der Waals surface area (Å²) in [5, 5.41) is 9.99. The van der Waals surface area contributed by atoms with Crippen molar-refractivity contribution in [1.29, 1.82) is 0 Å². The maximum absolute atomic E-state index is 15.1. The van der Waals surface area contributed by atoms with Crippen molar-refractivity contribution in [2.24, 2.45) is 0 Å². The number of benzene rings is 3. The van der Waals surface area contributed by atoms with Gasteiger partial charge in [0.25, 0.3) is 0 Å². The second kappa shape index (κ2) is 16.4. The number of nitrogens with zero attached hydrogens (tertiary/aromatic N) is 4. The van der Waals surface area contributed by atoms with E-state index >= 15 is 13.2 Å². The van der Waals surface area contributed by atoms with Gasteiger partial charge in [-0.3, -0.25) is 41.3 Å². The van der Waals surface area contributed by atoms with Crippen molar-refractivity contribution >= 4 is 5.97 Å². The van der Waals surface area contributed by atoms with Crippen LogP contribution in [0.2, 0.25) is 0 Å². The van der Waals surface area contributed by atoms with E-state index in [1.54, 1.807) is 0 Å². The largest absolute Gasteiger partial charge is 2.00 e. The van der Waals surface area contributed by atoms with E-state index in [0.29, 0.717) is 18.2 Å². The molecule has 0 saturated carbocycles. The minimum absolute atomic E-state index is 0. The van der Waals surface area contributed by atoms with Crippen LogP contribution in [0.5, 0.6) is 0 Å². The van der Waals surface area contributed by atoms with Crippen LogP contribution in [0.4, 0.5) is 26.3 Å². The van der Waals surface area contributed by atoms with Gasteiger partial charge < -0.3 is 5.11 Å². The van der Waals surface area contributed by atoms with Gasteiger partial charge in [-0.1, -0.05) is 77.4 Å². The van der Waals surface area contributed by atoms with Crippen LogP contribution in [0.1, 0.15) is 33.3 Å². The van der Waals surface area contributed by atoms with Crippen LogP contribution in [0.15, 0.2) is 109 Å². The fourth-order valence-corrected chi connectivity index (χ4v) is 5.82. The molecule has 0 amide bonds. The number of carboxylic acid groups (broad SMARTS) is 1. The molecule has 4 heterocycles. The number of carbonyl (C=O) groups is 1. The minimum Gasteiger partial charge on any atom is -0.477 e. The number of rotatable bonds is 8. The van der Waals surface area contributed by atoms with Gasteiger partial charge in [-0.25, -0.2) is 9.78 Å². The number of aromatic carboxylic acids is 1. The molecule has 14 heteroatoms. The summed E-state index contributed by atoms with van der Waals surface area (Å²) in [7, 11) is 0. The fraction of sp³-hybridized carbons (Fsp3) is 0.0250. The van der Waals surface area contributed by atoms with E-state index in [1.165, 1.54) is 72.8 Å². The van der Waals surface area contributed by atoms with Gasteiger partial charge in [-0.05, 0) is 47.4 Å². The summed E-state index contributed by atoms with van der Waals surface area (Å²) in [5.74, 6) is -6.97. The summed E-state index contributed by atoms with van der Waals surface area (Å²) in [6.07, 6.45) is 0. The van der Waals surface area contributed by atoms with Crippen molar-refractivity contribution in [2.75, 3.05) is 0 Å². The van der Waals surface area contributed by atoms with Crippen molar-refractivity contribution in [3.8, 4) is 33.8 Å². The first-order valence-electron chi connectivity index (χ1n) is 15.3. The summed E-state index contributed by atoms with van der Waals surface area (Å²) in [6, 6.07) is 29.7. The average Bonchev–Trinajstić information content (AvgIpc) is 3.12. The van der Waals surface area contributed by atoms with E-state index in [1.807, 2.05) is 0 Å². The molecule has 0 radical (unpaired) electrons. The molecular formula is C40H19F6N4O2Pt2-. The van der Waals surface area contributed by atoms with Crippen molar-refractivity contribution in [3.63, 3.8) is 0 Å². The Morgan fingerprint density at radius 1 is 0.519 bits per heavy atom. The zero-order valence-electron chi connectivity index (χ0n) is 26.9. The summed E-state index contributed by atoms with van der Waals surface area (Å²) >= 11 is 0. The maximum atomic E-state index is 15.1. The third-order valence-electron chi connectivity index (χ3n) is 8.09. The maximum Gasteiger partial charge on any atom is 2.00 e. The molecule has 0 atom stereocenters. The topological polar surface area (TPSA) is 88.9 Å². The van der Waals surface area contributed by atoms with Crippen molar-refractivity contribution < 1.29 is 78.4 Å². The van der Waals surface area contributed by atoms with Crippen LogP contribution in [0, 0.1) is 53.1 Å². The van der Waals surface area contributed by atoms with Gasteiger partial charge in [0, 0.05) is 56.0 Å². The third kappa shape index (κ3) is 7.54. The van der Waals surface area contributed by atoms with Crippen molar-refractivity contribution in [1.82, 2.24) is 19.9 Å². The van der Waals surface area contributed by atoms with E-state index in [9.17, 15) is 23.1 Å². The van der Waals surface area contributed by atoms with Crippen LogP contribution < -0.4 is 0 Å². The van der Waals surface area contributed by atoms with Crippen LogP contribution >= 0.6 is 0 Å². The number of hydrogen-bond acceptors (Lipinski definition) is 5. The second-order valence-electron chi connectivity index (χ2n) is 11.3. The smallest absolute Gasteiger partial charge is 0.477 e.